The fourth-order valence-electron chi connectivity index (χ4n) is 2.28. The molecule has 23 heavy (non-hydrogen) atoms. The second kappa shape index (κ2) is 7.50. The molecule has 1 N–H and O–H groups in total. The van der Waals surface area contributed by atoms with Crippen molar-refractivity contribution in [2.45, 2.75) is 12.6 Å². The number of thiophene rings is 1. The first-order valence-corrected chi connectivity index (χ1v) is 8.99. The van der Waals surface area contributed by atoms with Gasteiger partial charge in [0.1, 0.15) is 11.8 Å². The predicted octanol–water partition coefficient (Wildman–Crippen LogP) is 3.58. The third kappa shape index (κ3) is 4.04. The Bertz CT molecular complexity index is 727. The van der Waals surface area contributed by atoms with E-state index in [-0.39, 0.29) is 12.5 Å². The maximum Gasteiger partial charge on any atom is 0.273 e. The zero-order valence-electron chi connectivity index (χ0n) is 12.3. The van der Waals surface area contributed by atoms with E-state index >= 15 is 0 Å². The maximum atomic E-state index is 12.7. The van der Waals surface area contributed by atoms with Crippen LogP contribution in [0.25, 0.3) is 0 Å². The highest BCUT2D eigenvalue weighted by Crippen LogP contribution is 2.21. The number of carbonyl (C=O) groups is 1. The Balaban J connectivity index is 1.79. The van der Waals surface area contributed by atoms with Crippen molar-refractivity contribution in [1.82, 2.24) is 9.88 Å². The highest BCUT2D eigenvalue weighted by molar-refractivity contribution is 7.10. The number of aliphatic hydroxyl groups is 1. The Morgan fingerprint density at radius 2 is 2.04 bits per heavy atom. The van der Waals surface area contributed by atoms with Gasteiger partial charge in [0.05, 0.1) is 12.1 Å². The van der Waals surface area contributed by atoms with Gasteiger partial charge in [0.25, 0.3) is 5.91 Å². The van der Waals surface area contributed by atoms with Gasteiger partial charge in [0, 0.05) is 16.8 Å². The summed E-state index contributed by atoms with van der Waals surface area (Å²) in [7, 11) is 0. The molecule has 3 aromatic rings. The van der Waals surface area contributed by atoms with Crippen LogP contribution < -0.4 is 0 Å². The molecular weight excluding hydrogens is 328 g/mol. The summed E-state index contributed by atoms with van der Waals surface area (Å²) in [5, 5.41) is 14.1. The summed E-state index contributed by atoms with van der Waals surface area (Å²) in [6.45, 7) is 0.686. The molecule has 0 radical (unpaired) electrons. The van der Waals surface area contributed by atoms with Crippen LogP contribution in [0.5, 0.6) is 0 Å². The predicted molar refractivity (Wildman–Crippen MR) is 92.6 cm³/mol. The van der Waals surface area contributed by atoms with Crippen molar-refractivity contribution in [1.29, 1.82) is 0 Å². The lowest BCUT2D eigenvalue weighted by Gasteiger charge is -2.24. The third-order valence-electron chi connectivity index (χ3n) is 3.42. The molecule has 118 valence electrons. The molecule has 0 fully saturated rings. The molecule has 1 aromatic carbocycles. The van der Waals surface area contributed by atoms with E-state index in [1.165, 1.54) is 22.7 Å². The molecule has 0 saturated heterocycles. The van der Waals surface area contributed by atoms with Crippen LogP contribution in [-0.2, 0) is 6.54 Å². The lowest BCUT2D eigenvalue weighted by Crippen LogP contribution is -2.34. The average Bonchev–Trinajstić information content (AvgIpc) is 3.27. The molecule has 4 nitrogen and oxygen atoms in total. The summed E-state index contributed by atoms with van der Waals surface area (Å²) in [6.07, 6.45) is -0.693. The van der Waals surface area contributed by atoms with Gasteiger partial charge >= 0.3 is 0 Å². The number of amides is 1. The number of hydrogen-bond donors (Lipinski definition) is 1. The van der Waals surface area contributed by atoms with Crippen LogP contribution in [0.2, 0.25) is 0 Å². The number of carbonyl (C=O) groups excluding carboxylic acids is 1. The Kier molecular flexibility index (Phi) is 5.17. The van der Waals surface area contributed by atoms with Gasteiger partial charge in [-0.1, -0.05) is 36.4 Å². The fourth-order valence-corrected chi connectivity index (χ4v) is 3.51. The Labute approximate surface area is 142 Å². The van der Waals surface area contributed by atoms with Gasteiger partial charge in [0.2, 0.25) is 0 Å². The zero-order valence-corrected chi connectivity index (χ0v) is 14.0. The number of benzene rings is 1. The van der Waals surface area contributed by atoms with Crippen molar-refractivity contribution in [3.8, 4) is 0 Å². The first kappa shape index (κ1) is 15.9. The van der Waals surface area contributed by atoms with E-state index in [1.54, 1.807) is 15.8 Å². The molecule has 0 saturated carbocycles. The largest absolute Gasteiger partial charge is 0.386 e. The van der Waals surface area contributed by atoms with Crippen LogP contribution in [0.4, 0.5) is 0 Å². The van der Waals surface area contributed by atoms with Gasteiger partial charge < -0.3 is 10.0 Å². The highest BCUT2D eigenvalue weighted by Gasteiger charge is 2.22. The van der Waals surface area contributed by atoms with E-state index in [1.807, 2.05) is 47.8 Å². The van der Waals surface area contributed by atoms with Crippen molar-refractivity contribution in [3.05, 3.63) is 74.9 Å². The first-order chi connectivity index (χ1) is 11.2. The molecule has 3 rings (SSSR count). The molecule has 2 aromatic heterocycles. The fraction of sp³-hybridized carbons (Fsp3) is 0.176. The minimum atomic E-state index is -0.693. The summed E-state index contributed by atoms with van der Waals surface area (Å²) in [5.74, 6) is -0.161. The molecular formula is C17H16N2O2S2. The summed E-state index contributed by atoms with van der Waals surface area (Å²) in [6, 6.07) is 13.5. The van der Waals surface area contributed by atoms with E-state index in [4.69, 9.17) is 0 Å². The summed E-state index contributed by atoms with van der Waals surface area (Å²) >= 11 is 2.88. The van der Waals surface area contributed by atoms with Crippen LogP contribution in [0, 0.1) is 0 Å². The minimum Gasteiger partial charge on any atom is -0.386 e. The number of nitrogens with zero attached hydrogens (tertiary/aromatic N) is 2. The molecule has 0 spiro atoms. The molecule has 1 atom stereocenters. The second-order valence-electron chi connectivity index (χ2n) is 5.08. The molecule has 0 aliphatic heterocycles. The monoisotopic (exact) mass is 344 g/mol. The van der Waals surface area contributed by atoms with E-state index in [0.717, 1.165) is 10.4 Å². The molecule has 1 amide bonds. The third-order valence-corrected chi connectivity index (χ3v) is 4.98. The van der Waals surface area contributed by atoms with Gasteiger partial charge in [-0.15, -0.1) is 22.7 Å². The van der Waals surface area contributed by atoms with Crippen molar-refractivity contribution in [2.24, 2.45) is 0 Å². The summed E-state index contributed by atoms with van der Waals surface area (Å²) in [5.41, 5.74) is 3.09. The zero-order chi connectivity index (χ0) is 16.1. The first-order valence-electron chi connectivity index (χ1n) is 7.17. The number of rotatable bonds is 6. The van der Waals surface area contributed by atoms with E-state index in [9.17, 15) is 9.90 Å². The lowest BCUT2D eigenvalue weighted by atomic mass is 10.2. The van der Waals surface area contributed by atoms with Crippen molar-refractivity contribution < 1.29 is 9.90 Å². The molecule has 6 heteroatoms. The van der Waals surface area contributed by atoms with E-state index in [2.05, 4.69) is 4.98 Å². The van der Waals surface area contributed by atoms with Crippen molar-refractivity contribution in [3.63, 3.8) is 0 Å². The SMILES string of the molecule is O=C(c1cscn1)N(Cc1ccccc1)C[C@H](O)c1cccs1. The average molecular weight is 344 g/mol. The topological polar surface area (TPSA) is 53.4 Å². The van der Waals surface area contributed by atoms with Gasteiger partial charge in [0.15, 0.2) is 0 Å². The smallest absolute Gasteiger partial charge is 0.273 e. The number of aromatic nitrogens is 1. The van der Waals surface area contributed by atoms with Crippen LogP contribution >= 0.6 is 22.7 Å². The van der Waals surface area contributed by atoms with Gasteiger partial charge in [-0.05, 0) is 17.0 Å². The van der Waals surface area contributed by atoms with Crippen LogP contribution in [0.1, 0.15) is 27.0 Å². The Morgan fingerprint density at radius 1 is 1.22 bits per heavy atom. The summed E-state index contributed by atoms with van der Waals surface area (Å²) in [4.78, 5) is 19.3. The Morgan fingerprint density at radius 3 is 2.70 bits per heavy atom. The molecule has 0 unspecified atom stereocenters. The van der Waals surface area contributed by atoms with Crippen molar-refractivity contribution >= 4 is 28.6 Å². The van der Waals surface area contributed by atoms with Gasteiger partial charge in [-0.2, -0.15) is 0 Å². The molecule has 0 aliphatic carbocycles. The number of hydrogen-bond acceptors (Lipinski definition) is 5. The summed E-state index contributed by atoms with van der Waals surface area (Å²) < 4.78 is 0. The van der Waals surface area contributed by atoms with Crippen LogP contribution in [0.15, 0.2) is 58.7 Å². The standard InChI is InChI=1S/C17H16N2O2S2/c20-15(16-7-4-8-23-16)10-19(9-13-5-2-1-3-6-13)17(21)14-11-22-12-18-14/h1-8,11-12,15,20H,9-10H2/t15-/m0/s1. The molecule has 0 bridgehead atoms. The second-order valence-corrected chi connectivity index (χ2v) is 6.77. The normalized spacial score (nSPS) is 12.0. The van der Waals surface area contributed by atoms with E-state index < -0.39 is 6.10 Å². The maximum absolute atomic E-state index is 12.7. The van der Waals surface area contributed by atoms with Crippen molar-refractivity contribution in [2.75, 3.05) is 6.54 Å². The molecule has 0 aliphatic rings. The number of aliphatic hydroxyl groups excluding tert-OH is 1. The molecule has 2 heterocycles. The minimum absolute atomic E-state index is 0.161. The highest BCUT2D eigenvalue weighted by atomic mass is 32.1. The van der Waals surface area contributed by atoms with Crippen LogP contribution in [-0.4, -0.2) is 27.4 Å². The number of thiazole rings is 1. The van der Waals surface area contributed by atoms with Gasteiger partial charge in [-0.25, -0.2) is 4.98 Å². The van der Waals surface area contributed by atoms with Gasteiger partial charge in [-0.3, -0.25) is 4.79 Å². The van der Waals surface area contributed by atoms with E-state index in [0.29, 0.717) is 12.2 Å². The van der Waals surface area contributed by atoms with Crippen LogP contribution in [0.3, 0.4) is 0 Å². The quantitative estimate of drug-likeness (QED) is 0.743. The Hall–Kier alpha value is -2.02. The lowest BCUT2D eigenvalue weighted by molar-refractivity contribution is 0.0604.